The summed E-state index contributed by atoms with van der Waals surface area (Å²) in [6.07, 6.45) is 2.51. The van der Waals surface area contributed by atoms with Crippen molar-refractivity contribution in [3.63, 3.8) is 0 Å². The normalized spacial score (nSPS) is 16.6. The van der Waals surface area contributed by atoms with Gasteiger partial charge in [0.2, 0.25) is 5.91 Å². The zero-order valence-electron chi connectivity index (χ0n) is 12.7. The number of halogens is 3. The first-order valence-electron chi connectivity index (χ1n) is 7.14. The number of anilines is 1. The Balaban J connectivity index is 0.00000220. The number of rotatable bonds is 6. The maximum Gasteiger partial charge on any atom is 0.220 e. The van der Waals surface area contributed by atoms with Crippen LogP contribution < -0.4 is 15.5 Å². The van der Waals surface area contributed by atoms with Gasteiger partial charge < -0.3 is 15.5 Å². The van der Waals surface area contributed by atoms with Crippen LogP contribution >= 0.6 is 40.7 Å². The highest BCUT2D eigenvalue weighted by Crippen LogP contribution is 2.28. The van der Waals surface area contributed by atoms with Crippen molar-refractivity contribution in [1.82, 2.24) is 10.6 Å². The van der Waals surface area contributed by atoms with Crippen molar-refractivity contribution in [2.24, 2.45) is 0 Å². The maximum absolute atomic E-state index is 11.8. The highest BCUT2D eigenvalue weighted by atomic mass is 79.9. The molecule has 2 N–H and O–H groups in total. The summed E-state index contributed by atoms with van der Waals surface area (Å²) in [5.74, 6) is 0.166. The molecule has 0 saturated carbocycles. The molecule has 0 aliphatic carbocycles. The molecular formula is C15H24BrCl2N3O. The molecule has 2 rings (SSSR count). The van der Waals surface area contributed by atoms with E-state index in [1.807, 2.05) is 19.2 Å². The number of nitrogens with one attached hydrogen (secondary N) is 2. The van der Waals surface area contributed by atoms with Gasteiger partial charge in [-0.3, -0.25) is 4.79 Å². The van der Waals surface area contributed by atoms with E-state index in [2.05, 4.69) is 43.6 Å². The monoisotopic (exact) mass is 411 g/mol. The van der Waals surface area contributed by atoms with E-state index in [-0.39, 0.29) is 36.8 Å². The van der Waals surface area contributed by atoms with E-state index >= 15 is 0 Å². The second-order valence-electron chi connectivity index (χ2n) is 5.16. The molecule has 1 aliphatic rings. The van der Waals surface area contributed by atoms with Gasteiger partial charge in [0, 0.05) is 30.0 Å². The Morgan fingerprint density at radius 1 is 1.36 bits per heavy atom. The molecule has 1 heterocycles. The van der Waals surface area contributed by atoms with E-state index in [0.29, 0.717) is 6.42 Å². The van der Waals surface area contributed by atoms with Gasteiger partial charge in [0.1, 0.15) is 0 Å². The summed E-state index contributed by atoms with van der Waals surface area (Å²) in [6, 6.07) is 8.50. The number of amides is 1. The standard InChI is InChI=1S/C15H22BrN3O.2ClH/c1-17-9-4-7-15(20)18-12-8-10-19(11-12)14-6-3-2-5-13(14)16;;/h2-3,5-6,12,17H,4,7-11H2,1H3,(H,18,20);2*1H. The molecule has 1 aromatic carbocycles. The minimum atomic E-state index is 0. The molecule has 1 aliphatic heterocycles. The van der Waals surface area contributed by atoms with Gasteiger partial charge in [-0.1, -0.05) is 12.1 Å². The molecular weight excluding hydrogens is 389 g/mol. The van der Waals surface area contributed by atoms with Crippen LogP contribution in [0.15, 0.2) is 28.7 Å². The third-order valence-electron chi connectivity index (χ3n) is 3.58. The number of hydrogen-bond acceptors (Lipinski definition) is 3. The fourth-order valence-corrected chi connectivity index (χ4v) is 3.07. The van der Waals surface area contributed by atoms with Gasteiger partial charge in [-0.05, 0) is 54.5 Å². The maximum atomic E-state index is 11.8. The van der Waals surface area contributed by atoms with Crippen molar-refractivity contribution in [2.45, 2.75) is 25.3 Å². The topological polar surface area (TPSA) is 44.4 Å². The summed E-state index contributed by atoms with van der Waals surface area (Å²) in [6.45, 7) is 2.77. The highest BCUT2D eigenvalue weighted by molar-refractivity contribution is 9.10. The Morgan fingerprint density at radius 2 is 2.09 bits per heavy atom. The number of benzene rings is 1. The minimum Gasteiger partial charge on any atom is -0.368 e. The summed E-state index contributed by atoms with van der Waals surface area (Å²) in [5.41, 5.74) is 1.21. The van der Waals surface area contributed by atoms with E-state index in [4.69, 9.17) is 0 Å². The van der Waals surface area contributed by atoms with Crippen LogP contribution in [0.5, 0.6) is 0 Å². The Hall–Kier alpha value is -0.490. The van der Waals surface area contributed by atoms with Gasteiger partial charge in [0.15, 0.2) is 0 Å². The second kappa shape index (κ2) is 11.1. The van der Waals surface area contributed by atoms with Gasteiger partial charge in [-0.2, -0.15) is 0 Å². The molecule has 1 saturated heterocycles. The molecule has 126 valence electrons. The van der Waals surface area contributed by atoms with Crippen LogP contribution in [-0.4, -0.2) is 38.6 Å². The van der Waals surface area contributed by atoms with Crippen LogP contribution in [0.25, 0.3) is 0 Å². The average Bonchev–Trinajstić information content (AvgIpc) is 2.88. The van der Waals surface area contributed by atoms with Gasteiger partial charge >= 0.3 is 0 Å². The highest BCUT2D eigenvalue weighted by Gasteiger charge is 2.24. The quantitative estimate of drug-likeness (QED) is 0.706. The molecule has 1 aromatic rings. The molecule has 4 nitrogen and oxygen atoms in total. The lowest BCUT2D eigenvalue weighted by atomic mass is 10.2. The SMILES string of the molecule is CNCCCC(=O)NC1CCN(c2ccccc2Br)C1.Cl.Cl. The summed E-state index contributed by atoms with van der Waals surface area (Å²) in [4.78, 5) is 14.1. The zero-order valence-corrected chi connectivity index (χ0v) is 15.9. The number of hydrogen-bond donors (Lipinski definition) is 2. The average molecular weight is 413 g/mol. The summed E-state index contributed by atoms with van der Waals surface area (Å²) in [7, 11) is 1.91. The van der Waals surface area contributed by atoms with Crippen molar-refractivity contribution >= 4 is 52.3 Å². The Bertz CT molecular complexity index is 462. The van der Waals surface area contributed by atoms with Crippen molar-refractivity contribution in [3.05, 3.63) is 28.7 Å². The zero-order chi connectivity index (χ0) is 14.4. The van der Waals surface area contributed by atoms with E-state index in [1.54, 1.807) is 0 Å². The molecule has 1 atom stereocenters. The molecule has 0 aromatic heterocycles. The predicted molar refractivity (Wildman–Crippen MR) is 101 cm³/mol. The molecule has 7 heteroatoms. The second-order valence-corrected chi connectivity index (χ2v) is 6.01. The van der Waals surface area contributed by atoms with Crippen molar-refractivity contribution < 1.29 is 4.79 Å². The lowest BCUT2D eigenvalue weighted by molar-refractivity contribution is -0.121. The van der Waals surface area contributed by atoms with Gasteiger partial charge in [0.05, 0.1) is 5.69 Å². The summed E-state index contributed by atoms with van der Waals surface area (Å²) >= 11 is 3.58. The van der Waals surface area contributed by atoms with E-state index in [0.717, 1.165) is 36.9 Å². The summed E-state index contributed by atoms with van der Waals surface area (Å²) in [5, 5.41) is 6.19. The lowest BCUT2D eigenvalue weighted by Crippen LogP contribution is -2.37. The fourth-order valence-electron chi connectivity index (χ4n) is 2.53. The summed E-state index contributed by atoms with van der Waals surface area (Å²) < 4.78 is 1.11. The van der Waals surface area contributed by atoms with E-state index in [9.17, 15) is 4.79 Å². The van der Waals surface area contributed by atoms with Crippen LogP contribution in [0.3, 0.4) is 0 Å². The Morgan fingerprint density at radius 3 is 2.77 bits per heavy atom. The number of para-hydroxylation sites is 1. The van der Waals surface area contributed by atoms with Crippen LogP contribution in [0.4, 0.5) is 5.69 Å². The molecule has 22 heavy (non-hydrogen) atoms. The number of nitrogens with zero attached hydrogens (tertiary/aromatic N) is 1. The molecule has 1 amide bonds. The van der Waals surface area contributed by atoms with Crippen LogP contribution in [0.1, 0.15) is 19.3 Å². The minimum absolute atomic E-state index is 0. The molecule has 0 spiro atoms. The lowest BCUT2D eigenvalue weighted by Gasteiger charge is -2.20. The molecule has 1 fully saturated rings. The van der Waals surface area contributed by atoms with Crippen molar-refractivity contribution in [2.75, 3.05) is 31.6 Å². The third kappa shape index (κ3) is 6.32. The Labute approximate surface area is 153 Å². The third-order valence-corrected chi connectivity index (χ3v) is 4.25. The predicted octanol–water partition coefficient (Wildman–Crippen LogP) is 2.99. The van der Waals surface area contributed by atoms with E-state index in [1.165, 1.54) is 5.69 Å². The van der Waals surface area contributed by atoms with Gasteiger partial charge in [0.25, 0.3) is 0 Å². The fraction of sp³-hybridized carbons (Fsp3) is 0.533. The largest absolute Gasteiger partial charge is 0.368 e. The van der Waals surface area contributed by atoms with Crippen molar-refractivity contribution in [3.8, 4) is 0 Å². The molecule has 0 bridgehead atoms. The van der Waals surface area contributed by atoms with E-state index < -0.39 is 0 Å². The first kappa shape index (κ1) is 21.5. The van der Waals surface area contributed by atoms with Crippen LogP contribution in [0.2, 0.25) is 0 Å². The van der Waals surface area contributed by atoms with Crippen LogP contribution in [0, 0.1) is 0 Å². The van der Waals surface area contributed by atoms with Gasteiger partial charge in [-0.15, -0.1) is 24.8 Å². The first-order valence-corrected chi connectivity index (χ1v) is 7.93. The molecule has 1 unspecified atom stereocenters. The number of carbonyl (C=O) groups is 1. The Kier molecular flexibility index (Phi) is 10.9. The van der Waals surface area contributed by atoms with Gasteiger partial charge in [-0.25, -0.2) is 0 Å². The van der Waals surface area contributed by atoms with Crippen molar-refractivity contribution in [1.29, 1.82) is 0 Å². The van der Waals surface area contributed by atoms with Crippen LogP contribution in [-0.2, 0) is 4.79 Å². The molecule has 0 radical (unpaired) electrons. The first-order chi connectivity index (χ1) is 9.70. The smallest absolute Gasteiger partial charge is 0.220 e. The number of carbonyl (C=O) groups excluding carboxylic acids is 1.